The number of carbonyl (C=O) groups excluding carboxylic acids is 2. The van der Waals surface area contributed by atoms with Gasteiger partial charge in [-0.05, 0) is 57.1 Å². The van der Waals surface area contributed by atoms with Crippen LogP contribution in [0.25, 0.3) is 0 Å². The summed E-state index contributed by atoms with van der Waals surface area (Å²) in [6.45, 7) is 0.430. The minimum Gasteiger partial charge on any atom is -0.484 e. The molecule has 1 saturated heterocycles. The van der Waals surface area contributed by atoms with Crippen LogP contribution in [0.4, 0.5) is 4.39 Å². The standard InChI is InChI=1S/C24H33ClFN3O6S/c1-36(33,34)17-4-2-15(27-13-17)12-28-22(32)24-8-6-23(7-9-24,11-20(24)30)29-21(31)14-35-16-3-5-18(25)19(26)10-16/h3,5,10,15,17,20,27,30H,2,4,6-9,11-14H2,1H3,(H,28,32)(H,29,31). The zero-order valence-electron chi connectivity index (χ0n) is 20.2. The molecular weight excluding hydrogens is 513 g/mol. The van der Waals surface area contributed by atoms with Crippen LogP contribution in [-0.2, 0) is 19.4 Å². The molecule has 4 N–H and O–H groups in total. The van der Waals surface area contributed by atoms with E-state index in [2.05, 4.69) is 16.0 Å². The van der Waals surface area contributed by atoms with Gasteiger partial charge in [0.15, 0.2) is 16.4 Å². The second-order valence-corrected chi connectivity index (χ2v) is 13.1. The van der Waals surface area contributed by atoms with Crippen LogP contribution in [0.2, 0.25) is 5.02 Å². The molecule has 4 fully saturated rings. The van der Waals surface area contributed by atoms with Crippen molar-refractivity contribution in [1.82, 2.24) is 16.0 Å². The van der Waals surface area contributed by atoms with E-state index in [0.717, 1.165) is 6.07 Å². The Morgan fingerprint density at radius 3 is 2.56 bits per heavy atom. The normalized spacial score (nSPS) is 32.1. The van der Waals surface area contributed by atoms with Crippen LogP contribution in [0.15, 0.2) is 18.2 Å². The SMILES string of the molecule is CS(=O)(=O)C1CCC(CNC(=O)C23CCC(NC(=O)COc4ccc(Cl)c(F)c4)(CC2)CC3O)NC1. The Labute approximate surface area is 215 Å². The van der Waals surface area contributed by atoms with E-state index in [9.17, 15) is 27.5 Å². The number of hydrogen-bond acceptors (Lipinski definition) is 7. The van der Waals surface area contributed by atoms with Gasteiger partial charge in [0.05, 0.1) is 21.8 Å². The summed E-state index contributed by atoms with van der Waals surface area (Å²) in [5.41, 5.74) is -1.51. The lowest BCUT2D eigenvalue weighted by atomic mass is 9.55. The number of hydrogen-bond donors (Lipinski definition) is 4. The van der Waals surface area contributed by atoms with Crippen molar-refractivity contribution in [2.75, 3.05) is 26.0 Å². The molecule has 2 amide bonds. The first-order chi connectivity index (χ1) is 16.9. The Morgan fingerprint density at radius 1 is 1.25 bits per heavy atom. The molecule has 9 nitrogen and oxygen atoms in total. The van der Waals surface area contributed by atoms with Crippen molar-refractivity contribution in [3.63, 3.8) is 0 Å². The Kier molecular flexibility index (Phi) is 7.85. The second-order valence-electron chi connectivity index (χ2n) is 10.4. The lowest BCUT2D eigenvalue weighted by Crippen LogP contribution is -2.66. The molecule has 3 atom stereocenters. The average Bonchev–Trinajstić information content (AvgIpc) is 2.83. The third-order valence-corrected chi connectivity index (χ3v) is 9.94. The Hall–Kier alpha value is -1.95. The van der Waals surface area contributed by atoms with Crippen LogP contribution in [0, 0.1) is 11.2 Å². The second kappa shape index (κ2) is 10.4. The highest BCUT2D eigenvalue weighted by Crippen LogP contribution is 2.52. The molecule has 4 aliphatic rings. The zero-order valence-corrected chi connectivity index (χ0v) is 21.8. The Balaban J connectivity index is 1.26. The van der Waals surface area contributed by atoms with Gasteiger partial charge in [0.25, 0.3) is 5.91 Å². The zero-order chi connectivity index (χ0) is 26.1. The molecule has 36 heavy (non-hydrogen) atoms. The lowest BCUT2D eigenvalue weighted by Gasteiger charge is -2.55. The summed E-state index contributed by atoms with van der Waals surface area (Å²) in [6, 6.07) is 3.92. The number of ether oxygens (including phenoxy) is 1. The molecule has 2 bridgehead atoms. The monoisotopic (exact) mass is 545 g/mol. The predicted octanol–water partition coefficient (Wildman–Crippen LogP) is 1.32. The van der Waals surface area contributed by atoms with Crippen molar-refractivity contribution in [1.29, 1.82) is 0 Å². The van der Waals surface area contributed by atoms with Crippen LogP contribution >= 0.6 is 11.6 Å². The van der Waals surface area contributed by atoms with Crippen LogP contribution in [-0.4, -0.2) is 74.2 Å². The Bertz CT molecular complexity index is 1100. The van der Waals surface area contributed by atoms with Gasteiger partial charge in [-0.25, -0.2) is 12.8 Å². The summed E-state index contributed by atoms with van der Waals surface area (Å²) in [7, 11) is -3.09. The molecule has 1 aliphatic heterocycles. The molecule has 5 rings (SSSR count). The highest BCUT2D eigenvalue weighted by Gasteiger charge is 2.58. The fourth-order valence-electron chi connectivity index (χ4n) is 5.70. The van der Waals surface area contributed by atoms with Crippen LogP contribution in [0.5, 0.6) is 5.75 Å². The molecule has 0 radical (unpaired) electrons. The van der Waals surface area contributed by atoms with Crippen molar-refractivity contribution < 1.29 is 32.2 Å². The van der Waals surface area contributed by atoms with Crippen LogP contribution in [0.1, 0.15) is 44.9 Å². The third-order valence-electron chi connectivity index (χ3n) is 8.02. The summed E-state index contributed by atoms with van der Waals surface area (Å²) in [5.74, 6) is -1.03. The van der Waals surface area contributed by atoms with Gasteiger partial charge in [0.2, 0.25) is 5.91 Å². The number of fused-ring (bicyclic) bond motifs is 3. The summed E-state index contributed by atoms with van der Waals surface area (Å²) in [5, 5.41) is 19.6. The van der Waals surface area contributed by atoms with Gasteiger partial charge in [-0.2, -0.15) is 0 Å². The first-order valence-corrected chi connectivity index (χ1v) is 14.5. The number of halogens is 2. The van der Waals surface area contributed by atoms with E-state index in [0.29, 0.717) is 51.6 Å². The number of sulfone groups is 1. The fourth-order valence-corrected chi connectivity index (χ4v) is 6.78. The largest absolute Gasteiger partial charge is 0.484 e. The van der Waals surface area contributed by atoms with Crippen molar-refractivity contribution in [2.45, 2.75) is 67.9 Å². The predicted molar refractivity (Wildman–Crippen MR) is 132 cm³/mol. The molecule has 3 unspecified atom stereocenters. The summed E-state index contributed by atoms with van der Waals surface area (Å²) < 4.78 is 42.4. The maximum Gasteiger partial charge on any atom is 0.258 e. The van der Waals surface area contributed by atoms with E-state index in [4.69, 9.17) is 16.3 Å². The van der Waals surface area contributed by atoms with Gasteiger partial charge >= 0.3 is 0 Å². The topological polar surface area (TPSA) is 134 Å². The van der Waals surface area contributed by atoms with Gasteiger partial charge in [0, 0.05) is 37.0 Å². The van der Waals surface area contributed by atoms with E-state index in [1.165, 1.54) is 18.4 Å². The van der Waals surface area contributed by atoms with E-state index >= 15 is 0 Å². The molecule has 1 aromatic rings. The quantitative estimate of drug-likeness (QED) is 0.387. The molecular formula is C24H33ClFN3O6S. The number of amides is 2. The molecule has 1 heterocycles. The highest BCUT2D eigenvalue weighted by atomic mass is 35.5. The smallest absolute Gasteiger partial charge is 0.258 e. The van der Waals surface area contributed by atoms with Crippen LogP contribution in [0.3, 0.4) is 0 Å². The summed E-state index contributed by atoms with van der Waals surface area (Å²) in [4.78, 5) is 25.7. The average molecular weight is 546 g/mol. The van der Waals surface area contributed by atoms with Gasteiger partial charge < -0.3 is 25.8 Å². The van der Waals surface area contributed by atoms with E-state index in [1.807, 2.05) is 0 Å². The molecule has 12 heteroatoms. The minimum absolute atomic E-state index is 0.0137. The Morgan fingerprint density at radius 2 is 1.97 bits per heavy atom. The third kappa shape index (κ3) is 5.79. The van der Waals surface area contributed by atoms with Crippen LogP contribution < -0.4 is 20.7 Å². The number of carbonyl (C=O) groups is 2. The summed E-state index contributed by atoms with van der Waals surface area (Å²) in [6.07, 6.45) is 3.79. The molecule has 3 aliphatic carbocycles. The molecule has 1 aromatic carbocycles. The lowest BCUT2D eigenvalue weighted by molar-refractivity contribution is -0.156. The van der Waals surface area contributed by atoms with Crippen molar-refractivity contribution >= 4 is 33.3 Å². The van der Waals surface area contributed by atoms with Gasteiger partial charge in [-0.3, -0.25) is 9.59 Å². The maximum atomic E-state index is 13.6. The number of aliphatic hydroxyl groups is 1. The number of nitrogens with one attached hydrogen (secondary N) is 3. The van der Waals surface area contributed by atoms with Gasteiger partial charge in [0.1, 0.15) is 11.6 Å². The summed E-state index contributed by atoms with van der Waals surface area (Å²) >= 11 is 5.66. The van der Waals surface area contributed by atoms with E-state index in [1.54, 1.807) is 0 Å². The highest BCUT2D eigenvalue weighted by molar-refractivity contribution is 7.91. The molecule has 3 saturated carbocycles. The molecule has 0 aromatic heterocycles. The molecule has 200 valence electrons. The molecule has 0 spiro atoms. The van der Waals surface area contributed by atoms with Gasteiger partial charge in [-0.15, -0.1) is 0 Å². The number of benzene rings is 1. The van der Waals surface area contributed by atoms with E-state index < -0.39 is 38.0 Å². The fraction of sp³-hybridized carbons (Fsp3) is 0.667. The number of aliphatic hydroxyl groups excluding tert-OH is 1. The minimum atomic E-state index is -3.09. The van der Waals surface area contributed by atoms with Crippen molar-refractivity contribution in [3.05, 3.63) is 29.0 Å². The first-order valence-electron chi connectivity index (χ1n) is 12.2. The number of rotatable bonds is 8. The number of piperidine rings is 1. The van der Waals surface area contributed by atoms with Gasteiger partial charge in [-0.1, -0.05) is 11.6 Å². The van der Waals surface area contributed by atoms with E-state index in [-0.39, 0.29) is 41.7 Å². The van der Waals surface area contributed by atoms with Crippen molar-refractivity contribution in [2.24, 2.45) is 5.41 Å². The first kappa shape index (κ1) is 27.1. The maximum absolute atomic E-state index is 13.6. The van der Waals surface area contributed by atoms with Crippen molar-refractivity contribution in [3.8, 4) is 5.75 Å².